The summed E-state index contributed by atoms with van der Waals surface area (Å²) in [5.41, 5.74) is 7.56. The third kappa shape index (κ3) is 2.95. The van der Waals surface area contributed by atoms with Crippen molar-refractivity contribution in [2.45, 2.75) is 19.5 Å². The Labute approximate surface area is 96.0 Å². The maximum atomic E-state index is 9.15. The van der Waals surface area contributed by atoms with Gasteiger partial charge in [0, 0.05) is 31.6 Å². The molecule has 88 valence electrons. The topological polar surface area (TPSA) is 56.3 Å². The smallest absolute Gasteiger partial charge is 0.115 e. The summed E-state index contributed by atoms with van der Waals surface area (Å²) in [6.07, 6.45) is 0. The highest BCUT2D eigenvalue weighted by atomic mass is 16.3. The van der Waals surface area contributed by atoms with Crippen LogP contribution in [-0.2, 0) is 6.54 Å². The van der Waals surface area contributed by atoms with E-state index >= 15 is 0 Å². The quantitative estimate of drug-likeness (QED) is 0.601. The van der Waals surface area contributed by atoms with Gasteiger partial charge in [-0.05, 0) is 24.6 Å². The number of hydrazine groups is 1. The first kappa shape index (κ1) is 11.4. The Kier molecular flexibility index (Phi) is 3.77. The van der Waals surface area contributed by atoms with Gasteiger partial charge in [-0.2, -0.15) is 0 Å². The molecule has 1 fully saturated rings. The molecule has 1 aromatic rings. The van der Waals surface area contributed by atoms with Crippen molar-refractivity contribution in [3.63, 3.8) is 0 Å². The van der Waals surface area contributed by atoms with E-state index in [4.69, 9.17) is 5.11 Å². The Morgan fingerprint density at radius 3 is 2.75 bits per heavy atom. The van der Waals surface area contributed by atoms with E-state index < -0.39 is 0 Å². The third-order valence-corrected chi connectivity index (χ3v) is 3.07. The zero-order chi connectivity index (χ0) is 11.4. The Morgan fingerprint density at radius 2 is 2.12 bits per heavy atom. The van der Waals surface area contributed by atoms with Crippen molar-refractivity contribution in [3.05, 3.63) is 29.8 Å². The Morgan fingerprint density at radius 1 is 1.38 bits per heavy atom. The Bertz CT molecular complexity index is 326. The minimum Gasteiger partial charge on any atom is -0.508 e. The van der Waals surface area contributed by atoms with Crippen LogP contribution in [0.5, 0.6) is 5.75 Å². The fourth-order valence-electron chi connectivity index (χ4n) is 1.91. The van der Waals surface area contributed by atoms with Crippen LogP contribution in [0, 0.1) is 5.92 Å². The van der Waals surface area contributed by atoms with Crippen molar-refractivity contribution in [1.29, 1.82) is 0 Å². The molecule has 0 spiro atoms. The highest BCUT2D eigenvalue weighted by Crippen LogP contribution is 2.10. The van der Waals surface area contributed by atoms with Crippen LogP contribution >= 0.6 is 0 Å². The summed E-state index contributed by atoms with van der Waals surface area (Å²) < 4.78 is 0. The maximum Gasteiger partial charge on any atom is 0.115 e. The van der Waals surface area contributed by atoms with Crippen LogP contribution in [0.15, 0.2) is 24.3 Å². The van der Waals surface area contributed by atoms with Crippen LogP contribution in [-0.4, -0.2) is 24.2 Å². The number of hydrogen-bond donors (Lipinski definition) is 4. The van der Waals surface area contributed by atoms with Gasteiger partial charge in [0.25, 0.3) is 0 Å². The van der Waals surface area contributed by atoms with Gasteiger partial charge in [0.2, 0.25) is 0 Å². The first-order valence-corrected chi connectivity index (χ1v) is 5.73. The number of phenols is 1. The van der Waals surface area contributed by atoms with Crippen LogP contribution in [0.1, 0.15) is 12.5 Å². The lowest BCUT2D eigenvalue weighted by Crippen LogP contribution is -2.32. The molecule has 2 rings (SSSR count). The number of phenolic OH excluding ortho intramolecular Hbond substituents is 1. The molecule has 0 aromatic heterocycles. The number of rotatable bonds is 4. The minimum atomic E-state index is 0.321. The van der Waals surface area contributed by atoms with Gasteiger partial charge in [-0.1, -0.05) is 12.1 Å². The highest BCUT2D eigenvalue weighted by Gasteiger charge is 2.21. The van der Waals surface area contributed by atoms with Crippen molar-refractivity contribution in [3.8, 4) is 5.75 Å². The molecule has 4 nitrogen and oxygen atoms in total. The molecule has 16 heavy (non-hydrogen) atoms. The van der Waals surface area contributed by atoms with Gasteiger partial charge < -0.3 is 10.4 Å². The molecule has 1 aliphatic rings. The van der Waals surface area contributed by atoms with Gasteiger partial charge in [-0.3, -0.25) is 10.9 Å². The highest BCUT2D eigenvalue weighted by molar-refractivity contribution is 5.25. The molecule has 0 saturated carbocycles. The van der Waals surface area contributed by atoms with Crippen molar-refractivity contribution in [1.82, 2.24) is 16.2 Å². The van der Waals surface area contributed by atoms with Crippen molar-refractivity contribution in [2.24, 2.45) is 5.92 Å². The van der Waals surface area contributed by atoms with Gasteiger partial charge in [0.1, 0.15) is 5.75 Å². The van der Waals surface area contributed by atoms with Crippen molar-refractivity contribution in [2.75, 3.05) is 13.1 Å². The standard InChI is InChI=1S/C12H19N3O/c1-9-11(8-14-15-9)7-13-6-10-2-4-12(16)5-3-10/h2-5,9,11,13-16H,6-8H2,1H3. The molecule has 0 bridgehead atoms. The van der Waals surface area contributed by atoms with Gasteiger partial charge in [-0.25, -0.2) is 0 Å². The zero-order valence-electron chi connectivity index (χ0n) is 9.53. The molecule has 1 heterocycles. The summed E-state index contributed by atoms with van der Waals surface area (Å²) in [6.45, 7) is 5.06. The van der Waals surface area contributed by atoms with E-state index in [-0.39, 0.29) is 0 Å². The van der Waals surface area contributed by atoms with Crippen LogP contribution < -0.4 is 16.2 Å². The molecule has 0 amide bonds. The van der Waals surface area contributed by atoms with Crippen LogP contribution in [0.3, 0.4) is 0 Å². The molecule has 1 aromatic carbocycles. The molecule has 0 aliphatic carbocycles. The molecular weight excluding hydrogens is 202 g/mol. The molecule has 2 unspecified atom stereocenters. The van der Waals surface area contributed by atoms with E-state index in [1.807, 2.05) is 12.1 Å². The number of hydrogen-bond acceptors (Lipinski definition) is 4. The minimum absolute atomic E-state index is 0.321. The van der Waals surface area contributed by atoms with Crippen LogP contribution in [0.4, 0.5) is 0 Å². The van der Waals surface area contributed by atoms with E-state index in [1.54, 1.807) is 12.1 Å². The number of nitrogens with one attached hydrogen (secondary N) is 3. The molecule has 1 aliphatic heterocycles. The normalized spacial score (nSPS) is 24.8. The number of benzene rings is 1. The fourth-order valence-corrected chi connectivity index (χ4v) is 1.91. The maximum absolute atomic E-state index is 9.15. The van der Waals surface area contributed by atoms with Gasteiger partial charge in [-0.15, -0.1) is 0 Å². The summed E-state index contributed by atoms with van der Waals surface area (Å²) in [5, 5.41) is 12.6. The van der Waals surface area contributed by atoms with E-state index in [2.05, 4.69) is 23.1 Å². The lowest BCUT2D eigenvalue weighted by molar-refractivity contribution is 0.453. The van der Waals surface area contributed by atoms with Crippen LogP contribution in [0.2, 0.25) is 0 Å². The Balaban J connectivity index is 1.73. The predicted molar refractivity (Wildman–Crippen MR) is 63.9 cm³/mol. The molecule has 4 heteroatoms. The second-order valence-electron chi connectivity index (χ2n) is 4.37. The largest absolute Gasteiger partial charge is 0.508 e. The van der Waals surface area contributed by atoms with Crippen molar-refractivity contribution >= 4 is 0 Å². The molecule has 1 saturated heterocycles. The first-order valence-electron chi connectivity index (χ1n) is 5.73. The Hall–Kier alpha value is -1.10. The average Bonchev–Trinajstić information content (AvgIpc) is 2.68. The predicted octanol–water partition coefficient (Wildman–Crippen LogP) is 0.594. The number of aromatic hydroxyl groups is 1. The second kappa shape index (κ2) is 5.30. The summed E-state index contributed by atoms with van der Waals surface area (Å²) in [4.78, 5) is 0. The summed E-state index contributed by atoms with van der Waals surface area (Å²) in [7, 11) is 0. The fraction of sp³-hybridized carbons (Fsp3) is 0.500. The van der Waals surface area contributed by atoms with E-state index in [0.717, 1.165) is 19.6 Å². The lowest BCUT2D eigenvalue weighted by Gasteiger charge is -2.14. The van der Waals surface area contributed by atoms with Gasteiger partial charge in [0.15, 0.2) is 0 Å². The molecular formula is C12H19N3O. The molecule has 2 atom stereocenters. The summed E-state index contributed by atoms with van der Waals surface area (Å²) in [6, 6.07) is 7.84. The van der Waals surface area contributed by atoms with E-state index in [1.165, 1.54) is 5.56 Å². The molecule has 0 radical (unpaired) electrons. The van der Waals surface area contributed by atoms with E-state index in [0.29, 0.717) is 17.7 Å². The van der Waals surface area contributed by atoms with Gasteiger partial charge >= 0.3 is 0 Å². The van der Waals surface area contributed by atoms with Gasteiger partial charge in [0.05, 0.1) is 0 Å². The zero-order valence-corrected chi connectivity index (χ0v) is 9.53. The van der Waals surface area contributed by atoms with Crippen molar-refractivity contribution < 1.29 is 5.11 Å². The second-order valence-corrected chi connectivity index (χ2v) is 4.37. The summed E-state index contributed by atoms with van der Waals surface area (Å²) >= 11 is 0. The summed E-state index contributed by atoms with van der Waals surface area (Å²) in [5.74, 6) is 0.957. The first-order chi connectivity index (χ1) is 7.75. The van der Waals surface area contributed by atoms with E-state index in [9.17, 15) is 0 Å². The monoisotopic (exact) mass is 221 g/mol. The molecule has 4 N–H and O–H groups in total. The lowest BCUT2D eigenvalue weighted by atomic mass is 10.0. The SMILES string of the molecule is CC1NNCC1CNCc1ccc(O)cc1. The average molecular weight is 221 g/mol. The third-order valence-electron chi connectivity index (χ3n) is 3.07. The van der Waals surface area contributed by atoms with Crippen LogP contribution in [0.25, 0.3) is 0 Å².